The molecule has 28 heavy (non-hydrogen) atoms. The summed E-state index contributed by atoms with van der Waals surface area (Å²) < 4.78 is 13.3. The Bertz CT molecular complexity index is 746. The first-order valence-electron chi connectivity index (χ1n) is 10.2. The molecule has 0 saturated carbocycles. The van der Waals surface area contributed by atoms with E-state index >= 15 is 0 Å². The Hall–Kier alpha value is -2.34. The third-order valence-corrected chi connectivity index (χ3v) is 5.37. The summed E-state index contributed by atoms with van der Waals surface area (Å²) in [6.07, 6.45) is 6.48. The summed E-state index contributed by atoms with van der Waals surface area (Å²) in [5.74, 6) is 0.738. The Morgan fingerprint density at radius 1 is 1.25 bits per heavy atom. The second-order valence-corrected chi connectivity index (χ2v) is 7.43. The monoisotopic (exact) mass is 385 g/mol. The number of benzene rings is 1. The standard InChI is InChI=1S/C22H31N3O3/c1-3-25-17-19(15-23-25)16-24-13-8-11-22(18-24,21(26)27-4-2)12-14-28-20-9-6-5-7-10-20/h5-7,9-10,15,17H,3-4,8,11-14,16,18H2,1-2H3/t22-/m0/s1. The molecule has 1 fully saturated rings. The molecule has 1 aromatic carbocycles. The fourth-order valence-corrected chi connectivity index (χ4v) is 3.92. The highest BCUT2D eigenvalue weighted by molar-refractivity contribution is 5.77. The Morgan fingerprint density at radius 3 is 2.79 bits per heavy atom. The minimum absolute atomic E-state index is 0.0967. The van der Waals surface area contributed by atoms with Crippen LogP contribution in [-0.2, 0) is 22.6 Å². The molecule has 2 heterocycles. The number of esters is 1. The molecule has 1 aliphatic heterocycles. The summed E-state index contributed by atoms with van der Waals surface area (Å²) >= 11 is 0. The van der Waals surface area contributed by atoms with E-state index in [0.29, 0.717) is 26.2 Å². The molecule has 1 atom stereocenters. The molecule has 0 spiro atoms. The van der Waals surface area contributed by atoms with Crippen LogP contribution in [0.5, 0.6) is 5.75 Å². The second-order valence-electron chi connectivity index (χ2n) is 7.43. The number of para-hydroxylation sites is 1. The van der Waals surface area contributed by atoms with Crippen LogP contribution in [0.2, 0.25) is 0 Å². The smallest absolute Gasteiger partial charge is 0.313 e. The fourth-order valence-electron chi connectivity index (χ4n) is 3.92. The van der Waals surface area contributed by atoms with Gasteiger partial charge in [-0.2, -0.15) is 5.10 Å². The van der Waals surface area contributed by atoms with Gasteiger partial charge >= 0.3 is 5.97 Å². The molecule has 6 nitrogen and oxygen atoms in total. The van der Waals surface area contributed by atoms with E-state index < -0.39 is 5.41 Å². The topological polar surface area (TPSA) is 56.6 Å². The zero-order chi connectivity index (χ0) is 19.8. The molecule has 0 amide bonds. The van der Waals surface area contributed by atoms with E-state index in [2.05, 4.69) is 23.1 Å². The molecule has 0 bridgehead atoms. The number of piperidine rings is 1. The van der Waals surface area contributed by atoms with Crippen LogP contribution in [0.3, 0.4) is 0 Å². The van der Waals surface area contributed by atoms with Gasteiger partial charge in [-0.05, 0) is 51.8 Å². The number of likely N-dealkylation sites (tertiary alicyclic amines) is 1. The van der Waals surface area contributed by atoms with Crippen molar-refractivity contribution in [2.24, 2.45) is 5.41 Å². The minimum atomic E-state index is -0.510. The van der Waals surface area contributed by atoms with Gasteiger partial charge in [-0.1, -0.05) is 18.2 Å². The van der Waals surface area contributed by atoms with Gasteiger partial charge in [-0.3, -0.25) is 14.4 Å². The van der Waals surface area contributed by atoms with Gasteiger partial charge in [0.25, 0.3) is 0 Å². The van der Waals surface area contributed by atoms with Crippen molar-refractivity contribution in [3.8, 4) is 5.75 Å². The van der Waals surface area contributed by atoms with Crippen LogP contribution in [-0.4, -0.2) is 47.0 Å². The lowest BCUT2D eigenvalue weighted by atomic mass is 9.77. The van der Waals surface area contributed by atoms with E-state index in [9.17, 15) is 4.79 Å². The number of ether oxygens (including phenoxy) is 2. The van der Waals surface area contributed by atoms with Gasteiger partial charge in [0.2, 0.25) is 0 Å². The molecular formula is C22H31N3O3. The van der Waals surface area contributed by atoms with Crippen LogP contribution in [0.15, 0.2) is 42.7 Å². The lowest BCUT2D eigenvalue weighted by Crippen LogP contribution is -2.49. The molecule has 0 radical (unpaired) electrons. The third-order valence-electron chi connectivity index (χ3n) is 5.37. The molecule has 2 aromatic rings. The lowest BCUT2D eigenvalue weighted by Gasteiger charge is -2.40. The average Bonchev–Trinajstić information content (AvgIpc) is 3.17. The van der Waals surface area contributed by atoms with Gasteiger partial charge in [-0.15, -0.1) is 0 Å². The first-order valence-corrected chi connectivity index (χ1v) is 10.2. The molecule has 6 heteroatoms. The van der Waals surface area contributed by atoms with E-state index in [1.807, 2.05) is 48.1 Å². The highest BCUT2D eigenvalue weighted by atomic mass is 16.5. The molecular weight excluding hydrogens is 354 g/mol. The summed E-state index contributed by atoms with van der Waals surface area (Å²) in [4.78, 5) is 15.2. The van der Waals surface area contributed by atoms with Crippen LogP contribution in [0.25, 0.3) is 0 Å². The van der Waals surface area contributed by atoms with Crippen LogP contribution in [0.4, 0.5) is 0 Å². The highest BCUT2D eigenvalue weighted by Gasteiger charge is 2.43. The number of aromatic nitrogens is 2. The first-order chi connectivity index (χ1) is 13.6. The maximum Gasteiger partial charge on any atom is 0.313 e. The molecule has 3 rings (SSSR count). The van der Waals surface area contributed by atoms with Gasteiger partial charge < -0.3 is 9.47 Å². The fraction of sp³-hybridized carbons (Fsp3) is 0.545. The number of nitrogens with zero attached hydrogens (tertiary/aromatic N) is 3. The van der Waals surface area contributed by atoms with Crippen LogP contribution in [0.1, 0.15) is 38.7 Å². The number of hydrogen-bond acceptors (Lipinski definition) is 5. The SMILES string of the molecule is CCOC(=O)[C@]1(CCOc2ccccc2)CCCN(Cc2cnn(CC)c2)C1. The van der Waals surface area contributed by atoms with E-state index in [-0.39, 0.29) is 5.97 Å². The quantitative estimate of drug-likeness (QED) is 0.618. The van der Waals surface area contributed by atoms with Crippen molar-refractivity contribution in [1.82, 2.24) is 14.7 Å². The van der Waals surface area contributed by atoms with Gasteiger partial charge in [0.1, 0.15) is 5.75 Å². The zero-order valence-corrected chi connectivity index (χ0v) is 17.0. The second kappa shape index (κ2) is 9.73. The predicted molar refractivity (Wildman–Crippen MR) is 108 cm³/mol. The van der Waals surface area contributed by atoms with Crippen molar-refractivity contribution in [3.63, 3.8) is 0 Å². The number of aryl methyl sites for hydroxylation is 1. The summed E-state index contributed by atoms with van der Waals surface area (Å²) in [6, 6.07) is 9.75. The van der Waals surface area contributed by atoms with E-state index in [4.69, 9.17) is 9.47 Å². The Kier molecular flexibility index (Phi) is 7.09. The summed E-state index contributed by atoms with van der Waals surface area (Å²) in [7, 11) is 0. The number of carbonyl (C=O) groups excluding carboxylic acids is 1. The van der Waals surface area contributed by atoms with Gasteiger partial charge in [0, 0.05) is 31.4 Å². The Balaban J connectivity index is 1.66. The van der Waals surface area contributed by atoms with Crippen LogP contribution >= 0.6 is 0 Å². The van der Waals surface area contributed by atoms with Gasteiger partial charge in [0.15, 0.2) is 0 Å². The van der Waals surface area contributed by atoms with Crippen molar-refractivity contribution in [3.05, 3.63) is 48.3 Å². The van der Waals surface area contributed by atoms with E-state index in [1.54, 1.807) is 0 Å². The Morgan fingerprint density at radius 2 is 2.07 bits per heavy atom. The number of carbonyl (C=O) groups is 1. The molecule has 1 saturated heterocycles. The highest BCUT2D eigenvalue weighted by Crippen LogP contribution is 2.36. The van der Waals surface area contributed by atoms with Crippen molar-refractivity contribution >= 4 is 5.97 Å². The van der Waals surface area contributed by atoms with Crippen molar-refractivity contribution in [1.29, 1.82) is 0 Å². The molecule has 1 aromatic heterocycles. The zero-order valence-electron chi connectivity index (χ0n) is 17.0. The molecule has 152 valence electrons. The summed E-state index contributed by atoms with van der Waals surface area (Å²) in [5, 5.41) is 4.36. The van der Waals surface area contributed by atoms with Gasteiger partial charge in [0.05, 0.1) is 24.8 Å². The van der Waals surface area contributed by atoms with Crippen molar-refractivity contribution in [2.45, 2.75) is 46.2 Å². The average molecular weight is 386 g/mol. The lowest BCUT2D eigenvalue weighted by molar-refractivity contribution is -0.160. The Labute approximate surface area is 167 Å². The third kappa shape index (κ3) is 5.13. The van der Waals surface area contributed by atoms with Crippen molar-refractivity contribution < 1.29 is 14.3 Å². The van der Waals surface area contributed by atoms with E-state index in [0.717, 1.165) is 38.2 Å². The molecule has 1 aliphatic rings. The maximum atomic E-state index is 12.9. The van der Waals surface area contributed by atoms with Crippen molar-refractivity contribution in [2.75, 3.05) is 26.3 Å². The number of rotatable bonds is 9. The summed E-state index contributed by atoms with van der Waals surface area (Å²) in [5.41, 5.74) is 0.672. The largest absolute Gasteiger partial charge is 0.494 e. The maximum absolute atomic E-state index is 12.9. The summed E-state index contributed by atoms with van der Waals surface area (Å²) in [6.45, 7) is 8.21. The minimum Gasteiger partial charge on any atom is -0.494 e. The molecule has 0 N–H and O–H groups in total. The first kappa shape index (κ1) is 20.4. The van der Waals surface area contributed by atoms with Crippen LogP contribution < -0.4 is 4.74 Å². The predicted octanol–water partition coefficient (Wildman–Crippen LogP) is 3.52. The van der Waals surface area contributed by atoms with Crippen LogP contribution in [0, 0.1) is 5.41 Å². The van der Waals surface area contributed by atoms with Gasteiger partial charge in [-0.25, -0.2) is 0 Å². The molecule has 0 aliphatic carbocycles. The van der Waals surface area contributed by atoms with E-state index in [1.165, 1.54) is 5.56 Å². The molecule has 0 unspecified atom stereocenters. The normalized spacial score (nSPS) is 20.1. The number of hydrogen-bond donors (Lipinski definition) is 0.